The summed E-state index contributed by atoms with van der Waals surface area (Å²) in [5.41, 5.74) is 1.15. The number of aryl methyl sites for hydroxylation is 2. The van der Waals surface area contributed by atoms with E-state index in [1.54, 1.807) is 26.0 Å². The Morgan fingerprint density at radius 1 is 1.30 bits per heavy atom. The first-order chi connectivity index (χ1) is 12.9. The molecule has 1 aromatic carbocycles. The second-order valence-electron chi connectivity index (χ2n) is 8.06. The highest BCUT2D eigenvalue weighted by Gasteiger charge is 2.46. The van der Waals surface area contributed by atoms with E-state index < -0.39 is 0 Å². The first-order valence-corrected chi connectivity index (χ1v) is 9.43. The van der Waals surface area contributed by atoms with Gasteiger partial charge < -0.3 is 9.42 Å². The van der Waals surface area contributed by atoms with Crippen LogP contribution in [0, 0.1) is 25.1 Å². The topological polar surface area (TPSA) is 62.5 Å². The van der Waals surface area contributed by atoms with E-state index in [-0.39, 0.29) is 23.2 Å². The summed E-state index contributed by atoms with van der Waals surface area (Å²) in [5, 5.41) is 4.10. The molecule has 0 aliphatic carbocycles. The Labute approximate surface area is 158 Å². The Bertz CT molecular complexity index is 857. The van der Waals surface area contributed by atoms with Crippen molar-refractivity contribution in [3.8, 4) is 0 Å². The summed E-state index contributed by atoms with van der Waals surface area (Å²) in [7, 11) is 2.09. The van der Waals surface area contributed by atoms with Gasteiger partial charge in [-0.2, -0.15) is 4.98 Å². The molecule has 7 heteroatoms. The lowest BCUT2D eigenvalue weighted by Crippen LogP contribution is -2.44. The molecule has 1 amide bonds. The van der Waals surface area contributed by atoms with Crippen LogP contribution in [-0.2, 0) is 0 Å². The summed E-state index contributed by atoms with van der Waals surface area (Å²) in [6.07, 6.45) is 2.85. The molecule has 4 rings (SSSR count). The van der Waals surface area contributed by atoms with Gasteiger partial charge in [-0.05, 0) is 56.3 Å². The van der Waals surface area contributed by atoms with Gasteiger partial charge in [-0.1, -0.05) is 11.2 Å². The molecule has 6 nitrogen and oxygen atoms in total. The van der Waals surface area contributed by atoms with Crippen molar-refractivity contribution in [1.82, 2.24) is 19.9 Å². The van der Waals surface area contributed by atoms with Gasteiger partial charge in [0.15, 0.2) is 5.82 Å². The van der Waals surface area contributed by atoms with Crippen LogP contribution in [0.3, 0.4) is 0 Å². The lowest BCUT2D eigenvalue weighted by atomic mass is 9.76. The number of likely N-dealkylation sites (tertiary alicyclic amines) is 2. The first-order valence-electron chi connectivity index (χ1n) is 9.43. The Balaban J connectivity index is 1.42. The third-order valence-corrected chi connectivity index (χ3v) is 6.11. The zero-order valence-corrected chi connectivity index (χ0v) is 16.0. The van der Waals surface area contributed by atoms with Gasteiger partial charge >= 0.3 is 0 Å². The molecule has 1 spiro atoms. The Kier molecular flexibility index (Phi) is 4.50. The monoisotopic (exact) mass is 372 g/mol. The summed E-state index contributed by atoms with van der Waals surface area (Å²) in [6.45, 7) is 5.86. The fourth-order valence-electron chi connectivity index (χ4n) is 4.46. The molecule has 2 aromatic rings. The zero-order valence-electron chi connectivity index (χ0n) is 16.0. The van der Waals surface area contributed by atoms with Crippen LogP contribution in [0.1, 0.15) is 52.9 Å². The van der Waals surface area contributed by atoms with E-state index >= 15 is 0 Å². The van der Waals surface area contributed by atoms with E-state index in [1.807, 2.05) is 4.90 Å². The van der Waals surface area contributed by atoms with Gasteiger partial charge in [0.1, 0.15) is 5.82 Å². The molecule has 1 aromatic heterocycles. The number of carbonyl (C=O) groups excluding carboxylic acids is 1. The van der Waals surface area contributed by atoms with E-state index in [0.717, 1.165) is 31.6 Å². The SMILES string of the molecule is Cc1nc(C2CC3(CCN(C(=O)c4ccc(C)c(F)c4)CC3)CN2C)no1. The molecule has 0 radical (unpaired) electrons. The van der Waals surface area contributed by atoms with Gasteiger partial charge in [0, 0.05) is 32.1 Å². The fourth-order valence-corrected chi connectivity index (χ4v) is 4.46. The summed E-state index contributed by atoms with van der Waals surface area (Å²) in [5.74, 6) is 0.927. The molecule has 2 aliphatic heterocycles. The zero-order chi connectivity index (χ0) is 19.2. The largest absolute Gasteiger partial charge is 0.340 e. The number of aromatic nitrogens is 2. The lowest BCUT2D eigenvalue weighted by Gasteiger charge is -2.39. The number of amides is 1. The van der Waals surface area contributed by atoms with Crippen LogP contribution in [0.15, 0.2) is 22.7 Å². The standard InChI is InChI=1S/C20H25FN4O2/c1-13-4-5-15(10-16(13)21)19(26)25-8-6-20(7-9-25)11-17(24(3)12-20)18-22-14(2)27-23-18/h4-5,10,17H,6-9,11-12H2,1-3H3. The second kappa shape index (κ2) is 6.71. The number of halogens is 1. The molecule has 0 bridgehead atoms. The number of hydrogen-bond donors (Lipinski definition) is 0. The molecule has 144 valence electrons. The minimum atomic E-state index is -0.329. The minimum absolute atomic E-state index is 0.0829. The normalized spacial score (nSPS) is 22.5. The van der Waals surface area contributed by atoms with Gasteiger partial charge in [-0.15, -0.1) is 0 Å². The van der Waals surface area contributed by atoms with Gasteiger partial charge in [0.2, 0.25) is 5.89 Å². The van der Waals surface area contributed by atoms with Crippen LogP contribution in [0.2, 0.25) is 0 Å². The van der Waals surface area contributed by atoms with Gasteiger partial charge in [0.25, 0.3) is 5.91 Å². The highest BCUT2D eigenvalue weighted by atomic mass is 19.1. The highest BCUT2D eigenvalue weighted by molar-refractivity contribution is 5.94. The van der Waals surface area contributed by atoms with Crippen LogP contribution in [0.5, 0.6) is 0 Å². The average molecular weight is 372 g/mol. The summed E-state index contributed by atoms with van der Waals surface area (Å²) in [4.78, 5) is 21.3. The lowest BCUT2D eigenvalue weighted by molar-refractivity contribution is 0.0593. The Hall–Kier alpha value is -2.28. The smallest absolute Gasteiger partial charge is 0.253 e. The Morgan fingerprint density at radius 2 is 2.04 bits per heavy atom. The highest BCUT2D eigenvalue weighted by Crippen LogP contribution is 2.47. The summed E-state index contributed by atoms with van der Waals surface area (Å²) >= 11 is 0. The summed E-state index contributed by atoms with van der Waals surface area (Å²) in [6, 6.07) is 4.89. The molecule has 2 aliphatic rings. The van der Waals surface area contributed by atoms with E-state index in [4.69, 9.17) is 4.52 Å². The van der Waals surface area contributed by atoms with Gasteiger partial charge in [0.05, 0.1) is 6.04 Å². The third kappa shape index (κ3) is 3.36. The fraction of sp³-hybridized carbons (Fsp3) is 0.550. The van der Waals surface area contributed by atoms with E-state index in [1.165, 1.54) is 6.07 Å². The third-order valence-electron chi connectivity index (χ3n) is 6.11. The summed E-state index contributed by atoms with van der Waals surface area (Å²) < 4.78 is 18.9. The number of hydrogen-bond acceptors (Lipinski definition) is 5. The van der Waals surface area contributed by atoms with Crippen molar-refractivity contribution in [3.05, 3.63) is 46.9 Å². The minimum Gasteiger partial charge on any atom is -0.340 e. The van der Waals surface area contributed by atoms with Crippen molar-refractivity contribution in [2.24, 2.45) is 5.41 Å². The average Bonchev–Trinajstić information content (AvgIpc) is 3.21. The van der Waals surface area contributed by atoms with Crippen LogP contribution < -0.4 is 0 Å². The van der Waals surface area contributed by atoms with Crippen molar-refractivity contribution in [2.75, 3.05) is 26.7 Å². The van der Waals surface area contributed by atoms with Crippen molar-refractivity contribution >= 4 is 5.91 Å². The maximum Gasteiger partial charge on any atom is 0.253 e. The predicted molar refractivity (Wildman–Crippen MR) is 97.7 cm³/mol. The van der Waals surface area contributed by atoms with Crippen LogP contribution in [0.25, 0.3) is 0 Å². The molecule has 1 unspecified atom stereocenters. The Morgan fingerprint density at radius 3 is 2.67 bits per heavy atom. The van der Waals surface area contributed by atoms with E-state index in [0.29, 0.717) is 30.1 Å². The number of nitrogens with zero attached hydrogens (tertiary/aromatic N) is 4. The van der Waals surface area contributed by atoms with Crippen molar-refractivity contribution < 1.29 is 13.7 Å². The maximum absolute atomic E-state index is 13.8. The molecular formula is C20H25FN4O2. The van der Waals surface area contributed by atoms with Gasteiger partial charge in [-0.3, -0.25) is 9.69 Å². The molecule has 0 N–H and O–H groups in total. The molecule has 3 heterocycles. The van der Waals surface area contributed by atoms with Crippen molar-refractivity contribution in [2.45, 2.75) is 39.2 Å². The van der Waals surface area contributed by atoms with Crippen LogP contribution >= 0.6 is 0 Å². The molecule has 2 fully saturated rings. The predicted octanol–water partition coefficient (Wildman–Crippen LogP) is 3.12. The first kappa shape index (κ1) is 18.1. The molecular weight excluding hydrogens is 347 g/mol. The van der Waals surface area contributed by atoms with Crippen LogP contribution in [-0.4, -0.2) is 52.5 Å². The number of carbonyl (C=O) groups is 1. The molecule has 27 heavy (non-hydrogen) atoms. The number of benzene rings is 1. The number of piperidine rings is 1. The number of rotatable bonds is 2. The quantitative estimate of drug-likeness (QED) is 0.810. The molecule has 1 atom stereocenters. The molecule has 0 saturated carbocycles. The van der Waals surface area contributed by atoms with Crippen molar-refractivity contribution in [1.29, 1.82) is 0 Å². The van der Waals surface area contributed by atoms with Crippen molar-refractivity contribution in [3.63, 3.8) is 0 Å². The second-order valence-corrected chi connectivity index (χ2v) is 8.06. The molecule has 2 saturated heterocycles. The maximum atomic E-state index is 13.8. The van der Waals surface area contributed by atoms with E-state index in [2.05, 4.69) is 22.1 Å². The van der Waals surface area contributed by atoms with Crippen LogP contribution in [0.4, 0.5) is 4.39 Å². The van der Waals surface area contributed by atoms with Gasteiger partial charge in [-0.25, -0.2) is 4.39 Å². The van der Waals surface area contributed by atoms with E-state index in [9.17, 15) is 9.18 Å².